The Morgan fingerprint density at radius 1 is 1.04 bits per heavy atom. The van der Waals surface area contributed by atoms with Gasteiger partial charge in [0.05, 0.1) is 22.2 Å². The minimum absolute atomic E-state index is 0.0269. The Labute approximate surface area is 171 Å². The molecule has 1 N–H and O–H groups in total. The fraction of sp³-hybridized carbons (Fsp3) is 0.667. The maximum Gasteiger partial charge on any atom is 0.321 e. The summed E-state index contributed by atoms with van der Waals surface area (Å²) >= 11 is 6.57. The van der Waals surface area contributed by atoms with Crippen LogP contribution in [0.4, 0.5) is 10.5 Å². The Hall–Kier alpha value is -1.27. The van der Waals surface area contributed by atoms with Crippen molar-refractivity contribution < 1.29 is 13.2 Å². The van der Waals surface area contributed by atoms with Crippen LogP contribution in [0.3, 0.4) is 0 Å². The van der Waals surface area contributed by atoms with Crippen molar-refractivity contribution in [2.45, 2.75) is 43.9 Å². The highest BCUT2D eigenvalue weighted by Crippen LogP contribution is 2.60. The summed E-state index contributed by atoms with van der Waals surface area (Å²) in [7, 11) is -3.01. The zero-order valence-electron chi connectivity index (χ0n) is 16.0. The van der Waals surface area contributed by atoms with Crippen LogP contribution in [0, 0.1) is 17.8 Å². The quantitative estimate of drug-likeness (QED) is 0.781. The number of benzene rings is 1. The van der Waals surface area contributed by atoms with Crippen molar-refractivity contribution in [2.24, 2.45) is 17.8 Å². The van der Waals surface area contributed by atoms with E-state index in [1.165, 1.54) is 44.1 Å². The third kappa shape index (κ3) is 3.32. The van der Waals surface area contributed by atoms with Gasteiger partial charge in [-0.3, -0.25) is 0 Å². The van der Waals surface area contributed by atoms with E-state index in [9.17, 15) is 13.2 Å². The van der Waals surface area contributed by atoms with Crippen LogP contribution < -0.4 is 5.32 Å². The lowest BCUT2D eigenvalue weighted by atomic mass is 9.48. The highest BCUT2D eigenvalue weighted by Gasteiger charge is 2.51. The Kier molecular flexibility index (Phi) is 4.43. The number of urea groups is 1. The number of hydrogen-bond acceptors (Lipinski definition) is 3. The van der Waals surface area contributed by atoms with Crippen molar-refractivity contribution in [3.05, 3.63) is 28.8 Å². The molecule has 4 aliphatic carbocycles. The predicted molar refractivity (Wildman–Crippen MR) is 111 cm³/mol. The van der Waals surface area contributed by atoms with Gasteiger partial charge in [0, 0.05) is 13.1 Å². The zero-order chi connectivity index (χ0) is 19.5. The molecule has 4 saturated carbocycles. The van der Waals surface area contributed by atoms with Gasteiger partial charge in [0.25, 0.3) is 0 Å². The molecule has 28 heavy (non-hydrogen) atoms. The molecule has 1 saturated heterocycles. The number of rotatable bonds is 2. The molecule has 0 radical (unpaired) electrons. The van der Waals surface area contributed by atoms with Gasteiger partial charge in [-0.25, -0.2) is 13.2 Å². The van der Waals surface area contributed by atoms with E-state index in [1.807, 2.05) is 6.07 Å². The molecular formula is C21H27ClN2O3S. The van der Waals surface area contributed by atoms with Crippen LogP contribution in [0.25, 0.3) is 0 Å². The third-order valence-corrected chi connectivity index (χ3v) is 9.41. The first-order valence-electron chi connectivity index (χ1n) is 10.4. The molecule has 1 aliphatic heterocycles. The molecule has 0 atom stereocenters. The van der Waals surface area contributed by atoms with E-state index in [1.54, 1.807) is 4.90 Å². The van der Waals surface area contributed by atoms with Crippen molar-refractivity contribution >= 4 is 33.2 Å². The van der Waals surface area contributed by atoms with E-state index in [0.717, 1.165) is 17.8 Å². The average molecular weight is 423 g/mol. The lowest BCUT2D eigenvalue weighted by molar-refractivity contribution is -0.00517. The van der Waals surface area contributed by atoms with Gasteiger partial charge in [0.1, 0.15) is 0 Å². The van der Waals surface area contributed by atoms with Gasteiger partial charge in [0.15, 0.2) is 9.84 Å². The Morgan fingerprint density at radius 3 is 2.14 bits per heavy atom. The standard InChI is InChI=1S/C21H27ClN2O3S/c22-18-10-17(21-11-14-7-15(12-21)9-16(8-14)13-21)1-2-19(18)23-20(25)24-3-5-28(26,27)6-4-24/h1-2,10,14-16H,3-9,11-13H2,(H,23,25). The number of hydrogen-bond donors (Lipinski definition) is 1. The first kappa shape index (κ1) is 18.7. The molecule has 2 amide bonds. The van der Waals surface area contributed by atoms with Gasteiger partial charge in [-0.1, -0.05) is 17.7 Å². The maximum absolute atomic E-state index is 12.5. The van der Waals surface area contributed by atoms with Crippen LogP contribution in [0.1, 0.15) is 44.1 Å². The summed E-state index contributed by atoms with van der Waals surface area (Å²) in [6, 6.07) is 5.86. The molecule has 5 nitrogen and oxygen atoms in total. The third-order valence-electron chi connectivity index (χ3n) is 7.49. The van der Waals surface area contributed by atoms with Crippen LogP contribution in [-0.2, 0) is 15.3 Å². The van der Waals surface area contributed by atoms with Crippen LogP contribution in [-0.4, -0.2) is 43.9 Å². The normalized spacial score (nSPS) is 35.8. The summed E-state index contributed by atoms with van der Waals surface area (Å²) in [6.07, 6.45) is 8.07. The largest absolute Gasteiger partial charge is 0.322 e. The summed E-state index contributed by atoms with van der Waals surface area (Å²) < 4.78 is 23.1. The van der Waals surface area contributed by atoms with Crippen molar-refractivity contribution in [1.29, 1.82) is 0 Å². The number of halogens is 1. The molecule has 5 fully saturated rings. The first-order chi connectivity index (χ1) is 13.3. The van der Waals surface area contributed by atoms with Gasteiger partial charge in [-0.05, 0) is 79.4 Å². The summed E-state index contributed by atoms with van der Waals surface area (Å²) in [5.41, 5.74) is 2.22. The van der Waals surface area contributed by atoms with E-state index < -0.39 is 9.84 Å². The highest BCUT2D eigenvalue weighted by atomic mass is 35.5. The Morgan fingerprint density at radius 2 is 1.61 bits per heavy atom. The fourth-order valence-corrected chi connectivity index (χ4v) is 7.95. The maximum atomic E-state index is 12.5. The number of amides is 2. The molecule has 6 rings (SSSR count). The molecule has 7 heteroatoms. The van der Waals surface area contributed by atoms with Crippen molar-refractivity contribution in [3.63, 3.8) is 0 Å². The molecule has 0 spiro atoms. The summed E-state index contributed by atoms with van der Waals surface area (Å²) in [6.45, 7) is 0.467. The summed E-state index contributed by atoms with van der Waals surface area (Å²) in [5.74, 6) is 2.68. The van der Waals surface area contributed by atoms with Gasteiger partial charge >= 0.3 is 6.03 Å². The molecule has 0 unspecified atom stereocenters. The van der Waals surface area contributed by atoms with Crippen molar-refractivity contribution in [1.82, 2.24) is 4.90 Å². The lowest BCUT2D eigenvalue weighted by Crippen LogP contribution is -2.48. The number of carbonyl (C=O) groups excluding carboxylic acids is 1. The molecule has 4 bridgehead atoms. The predicted octanol–water partition coefficient (Wildman–Crippen LogP) is 4.07. The average Bonchev–Trinajstić information content (AvgIpc) is 2.62. The number of sulfone groups is 1. The van der Waals surface area contributed by atoms with Gasteiger partial charge in [0.2, 0.25) is 0 Å². The van der Waals surface area contributed by atoms with Crippen molar-refractivity contribution in [2.75, 3.05) is 29.9 Å². The molecule has 1 aromatic rings. The number of anilines is 1. The molecule has 1 heterocycles. The molecule has 1 aromatic carbocycles. The monoisotopic (exact) mass is 422 g/mol. The minimum atomic E-state index is -3.01. The number of nitrogens with one attached hydrogen (secondary N) is 1. The second-order valence-electron chi connectivity index (χ2n) is 9.46. The molecule has 5 aliphatic rings. The minimum Gasteiger partial charge on any atom is -0.322 e. The second-order valence-corrected chi connectivity index (χ2v) is 12.2. The van der Waals surface area contributed by atoms with Crippen LogP contribution in [0.15, 0.2) is 18.2 Å². The van der Waals surface area contributed by atoms with E-state index in [-0.39, 0.29) is 36.0 Å². The van der Waals surface area contributed by atoms with Crippen LogP contribution >= 0.6 is 11.6 Å². The fourth-order valence-electron chi connectivity index (χ4n) is 6.52. The summed E-state index contributed by atoms with van der Waals surface area (Å²) in [4.78, 5) is 14.0. The zero-order valence-corrected chi connectivity index (χ0v) is 17.6. The smallest absolute Gasteiger partial charge is 0.321 e. The van der Waals surface area contributed by atoms with E-state index in [4.69, 9.17) is 11.6 Å². The lowest BCUT2D eigenvalue weighted by Gasteiger charge is -2.57. The topological polar surface area (TPSA) is 66.5 Å². The van der Waals surface area contributed by atoms with E-state index in [2.05, 4.69) is 17.4 Å². The molecular weight excluding hydrogens is 396 g/mol. The number of nitrogens with zero attached hydrogens (tertiary/aromatic N) is 1. The van der Waals surface area contributed by atoms with Crippen LogP contribution in [0.5, 0.6) is 0 Å². The molecule has 0 aromatic heterocycles. The summed E-state index contributed by atoms with van der Waals surface area (Å²) in [5, 5.41) is 3.44. The van der Waals surface area contributed by atoms with E-state index >= 15 is 0 Å². The van der Waals surface area contributed by atoms with E-state index in [0.29, 0.717) is 10.7 Å². The van der Waals surface area contributed by atoms with Crippen molar-refractivity contribution in [3.8, 4) is 0 Å². The second kappa shape index (κ2) is 6.63. The number of carbonyl (C=O) groups is 1. The van der Waals surface area contributed by atoms with Gasteiger partial charge in [-0.2, -0.15) is 0 Å². The first-order valence-corrected chi connectivity index (χ1v) is 12.6. The SMILES string of the molecule is O=C(Nc1ccc(C23CC4CC(CC(C4)C2)C3)cc1Cl)N1CCS(=O)(=O)CC1. The van der Waals surface area contributed by atoms with Crippen LogP contribution in [0.2, 0.25) is 5.02 Å². The highest BCUT2D eigenvalue weighted by molar-refractivity contribution is 7.91. The Balaban J connectivity index is 1.31. The van der Waals surface area contributed by atoms with Gasteiger partial charge < -0.3 is 10.2 Å². The van der Waals surface area contributed by atoms with Gasteiger partial charge in [-0.15, -0.1) is 0 Å². The molecule has 152 valence electrons. The Bertz CT molecular complexity index is 865.